The molecule has 148 valence electrons. The van der Waals surface area contributed by atoms with Gasteiger partial charge in [0.2, 0.25) is 0 Å². The van der Waals surface area contributed by atoms with E-state index in [2.05, 4.69) is 11.0 Å². The van der Waals surface area contributed by atoms with Gasteiger partial charge in [-0.15, -0.1) is 11.3 Å². The molecular formula is C21H30N2O3S. The fraction of sp³-hybridized carbons (Fsp3) is 0.762. The largest absolute Gasteiger partial charge is 0.378 e. The number of nitrogens with zero attached hydrogens (tertiary/aromatic N) is 2. The fourth-order valence-corrected chi connectivity index (χ4v) is 6.72. The SMILES string of the molecule is O=C(c1cc2c(s1)C1(CCN(C3CCCC3)CC1)OCC2)N1CCOCC1. The van der Waals surface area contributed by atoms with E-state index >= 15 is 0 Å². The molecule has 1 aromatic rings. The summed E-state index contributed by atoms with van der Waals surface area (Å²) in [5.41, 5.74) is 1.22. The number of ether oxygens (including phenoxy) is 2. The maximum atomic E-state index is 12.9. The molecule has 4 heterocycles. The molecule has 5 nitrogen and oxygen atoms in total. The number of likely N-dealkylation sites (tertiary alicyclic amines) is 1. The quantitative estimate of drug-likeness (QED) is 0.778. The molecular weight excluding hydrogens is 360 g/mol. The summed E-state index contributed by atoms with van der Waals surface area (Å²) in [6.07, 6.45) is 8.61. The van der Waals surface area contributed by atoms with Crippen LogP contribution in [-0.2, 0) is 21.5 Å². The third kappa shape index (κ3) is 3.35. The minimum absolute atomic E-state index is 0.142. The number of hydrogen-bond donors (Lipinski definition) is 0. The molecule has 3 fully saturated rings. The van der Waals surface area contributed by atoms with Crippen molar-refractivity contribution in [3.63, 3.8) is 0 Å². The van der Waals surface area contributed by atoms with Crippen molar-refractivity contribution in [2.75, 3.05) is 46.0 Å². The van der Waals surface area contributed by atoms with Gasteiger partial charge in [0, 0.05) is 37.1 Å². The molecule has 0 bridgehead atoms. The molecule has 0 radical (unpaired) electrons. The van der Waals surface area contributed by atoms with Crippen molar-refractivity contribution in [3.05, 3.63) is 21.4 Å². The van der Waals surface area contributed by atoms with E-state index < -0.39 is 0 Å². The molecule has 5 rings (SSSR count). The van der Waals surface area contributed by atoms with Gasteiger partial charge in [-0.3, -0.25) is 4.79 Å². The summed E-state index contributed by atoms with van der Waals surface area (Å²) in [5, 5.41) is 0. The number of morpholine rings is 1. The van der Waals surface area contributed by atoms with E-state index in [9.17, 15) is 4.79 Å². The van der Waals surface area contributed by atoms with Crippen LogP contribution in [0.5, 0.6) is 0 Å². The van der Waals surface area contributed by atoms with Gasteiger partial charge in [-0.05, 0) is 43.7 Å². The predicted molar refractivity (Wildman–Crippen MR) is 105 cm³/mol. The second-order valence-electron chi connectivity index (χ2n) is 8.44. The molecule has 1 saturated carbocycles. The zero-order valence-electron chi connectivity index (χ0n) is 16.1. The van der Waals surface area contributed by atoms with E-state index in [-0.39, 0.29) is 11.5 Å². The van der Waals surface area contributed by atoms with Crippen LogP contribution in [0.1, 0.15) is 58.6 Å². The average molecular weight is 391 g/mol. The number of piperidine rings is 1. The van der Waals surface area contributed by atoms with Crippen LogP contribution in [0.3, 0.4) is 0 Å². The lowest BCUT2D eigenvalue weighted by molar-refractivity contribution is -0.0996. The molecule has 0 N–H and O–H groups in total. The second kappa shape index (κ2) is 7.47. The molecule has 6 heteroatoms. The van der Waals surface area contributed by atoms with Gasteiger partial charge < -0.3 is 19.3 Å². The van der Waals surface area contributed by atoms with Gasteiger partial charge in [0.25, 0.3) is 5.91 Å². The first-order chi connectivity index (χ1) is 13.3. The van der Waals surface area contributed by atoms with Gasteiger partial charge in [-0.2, -0.15) is 0 Å². The second-order valence-corrected chi connectivity index (χ2v) is 9.49. The Hall–Kier alpha value is -0.950. The molecule has 2 saturated heterocycles. The van der Waals surface area contributed by atoms with Crippen molar-refractivity contribution in [2.24, 2.45) is 0 Å². The van der Waals surface area contributed by atoms with E-state index in [0.29, 0.717) is 26.3 Å². The van der Waals surface area contributed by atoms with Gasteiger partial charge in [-0.25, -0.2) is 0 Å². The summed E-state index contributed by atoms with van der Waals surface area (Å²) in [6.45, 7) is 5.78. The Morgan fingerprint density at radius 3 is 2.56 bits per heavy atom. The van der Waals surface area contributed by atoms with Crippen molar-refractivity contribution in [3.8, 4) is 0 Å². The van der Waals surface area contributed by atoms with Crippen molar-refractivity contribution in [2.45, 2.75) is 56.6 Å². The fourth-order valence-electron chi connectivity index (χ4n) is 5.34. The van der Waals surface area contributed by atoms with E-state index in [1.54, 1.807) is 11.3 Å². The monoisotopic (exact) mass is 390 g/mol. The minimum atomic E-state index is -0.142. The highest BCUT2D eigenvalue weighted by atomic mass is 32.1. The van der Waals surface area contributed by atoms with Crippen LogP contribution in [0.25, 0.3) is 0 Å². The Labute approximate surface area is 165 Å². The Morgan fingerprint density at radius 2 is 1.81 bits per heavy atom. The molecule has 0 aromatic carbocycles. The average Bonchev–Trinajstić information content (AvgIpc) is 3.40. The highest BCUT2D eigenvalue weighted by Gasteiger charge is 2.44. The molecule has 1 spiro atoms. The van der Waals surface area contributed by atoms with Crippen LogP contribution in [0.15, 0.2) is 6.07 Å². The van der Waals surface area contributed by atoms with E-state index in [4.69, 9.17) is 9.47 Å². The maximum Gasteiger partial charge on any atom is 0.264 e. The Bertz CT molecular complexity index is 684. The predicted octanol–water partition coefficient (Wildman–Crippen LogP) is 3.03. The van der Waals surface area contributed by atoms with Crippen LogP contribution in [0.4, 0.5) is 0 Å². The number of amides is 1. The van der Waals surface area contributed by atoms with Gasteiger partial charge in [0.05, 0.1) is 24.7 Å². The number of fused-ring (bicyclic) bond motifs is 2. The zero-order chi connectivity index (χ0) is 18.3. The Balaban J connectivity index is 1.34. The zero-order valence-corrected chi connectivity index (χ0v) is 16.9. The summed E-state index contributed by atoms with van der Waals surface area (Å²) < 4.78 is 11.8. The first-order valence-electron chi connectivity index (χ1n) is 10.6. The number of thiophene rings is 1. The molecule has 1 aliphatic carbocycles. The van der Waals surface area contributed by atoms with Gasteiger partial charge in [0.1, 0.15) is 5.60 Å². The number of carbonyl (C=O) groups excluding carboxylic acids is 1. The van der Waals surface area contributed by atoms with Crippen LogP contribution in [0, 0.1) is 0 Å². The summed E-state index contributed by atoms with van der Waals surface area (Å²) in [6, 6.07) is 2.96. The van der Waals surface area contributed by atoms with Crippen LogP contribution >= 0.6 is 11.3 Å². The summed E-state index contributed by atoms with van der Waals surface area (Å²) in [7, 11) is 0. The number of rotatable bonds is 2. The van der Waals surface area contributed by atoms with E-state index in [1.807, 2.05) is 4.90 Å². The highest BCUT2D eigenvalue weighted by Crippen LogP contribution is 2.46. The van der Waals surface area contributed by atoms with Gasteiger partial charge in [0.15, 0.2) is 0 Å². The first kappa shape index (κ1) is 18.1. The van der Waals surface area contributed by atoms with Gasteiger partial charge in [-0.1, -0.05) is 12.8 Å². The van der Waals surface area contributed by atoms with Crippen molar-refractivity contribution in [1.29, 1.82) is 0 Å². The lowest BCUT2D eigenvalue weighted by Crippen LogP contribution is -2.48. The third-order valence-electron chi connectivity index (χ3n) is 6.93. The number of carbonyl (C=O) groups is 1. The first-order valence-corrected chi connectivity index (χ1v) is 11.5. The Morgan fingerprint density at radius 1 is 1.07 bits per heavy atom. The lowest BCUT2D eigenvalue weighted by Gasteiger charge is -2.45. The molecule has 0 atom stereocenters. The van der Waals surface area contributed by atoms with Gasteiger partial charge >= 0.3 is 0 Å². The van der Waals surface area contributed by atoms with E-state index in [1.165, 1.54) is 36.1 Å². The van der Waals surface area contributed by atoms with Crippen LogP contribution in [0.2, 0.25) is 0 Å². The molecule has 1 amide bonds. The lowest BCUT2D eigenvalue weighted by atomic mass is 9.84. The highest BCUT2D eigenvalue weighted by molar-refractivity contribution is 7.14. The van der Waals surface area contributed by atoms with Crippen LogP contribution in [-0.4, -0.2) is 67.7 Å². The van der Waals surface area contributed by atoms with Crippen molar-refractivity contribution in [1.82, 2.24) is 9.80 Å². The van der Waals surface area contributed by atoms with Crippen molar-refractivity contribution < 1.29 is 14.3 Å². The molecule has 3 aliphatic heterocycles. The topological polar surface area (TPSA) is 42.0 Å². The standard InChI is InChI=1S/C21H30N2O3S/c24-20(23-10-13-25-14-11-23)18-15-16-5-12-26-21(19(16)27-18)6-8-22(9-7-21)17-3-1-2-4-17/h15,17H,1-14H2. The number of hydrogen-bond acceptors (Lipinski definition) is 5. The summed E-state index contributed by atoms with van der Waals surface area (Å²) in [5.74, 6) is 0.177. The summed E-state index contributed by atoms with van der Waals surface area (Å²) in [4.78, 5) is 19.8. The van der Waals surface area contributed by atoms with Crippen molar-refractivity contribution >= 4 is 17.2 Å². The van der Waals surface area contributed by atoms with Crippen LogP contribution < -0.4 is 0 Å². The molecule has 27 heavy (non-hydrogen) atoms. The normalized spacial score (nSPS) is 26.4. The minimum Gasteiger partial charge on any atom is -0.378 e. The smallest absolute Gasteiger partial charge is 0.264 e. The molecule has 1 aromatic heterocycles. The molecule has 0 unspecified atom stereocenters. The third-order valence-corrected chi connectivity index (χ3v) is 8.28. The summed E-state index contributed by atoms with van der Waals surface area (Å²) >= 11 is 1.70. The molecule has 4 aliphatic rings. The van der Waals surface area contributed by atoms with E-state index in [0.717, 1.165) is 49.9 Å². The Kier molecular flexibility index (Phi) is 5.01. The maximum absolute atomic E-state index is 12.9.